The fourth-order valence-electron chi connectivity index (χ4n) is 1.51. The minimum atomic E-state index is 0.521. The molecule has 0 bridgehead atoms. The second-order valence-electron chi connectivity index (χ2n) is 3.91. The molecule has 0 saturated carbocycles. The van der Waals surface area contributed by atoms with E-state index in [0.29, 0.717) is 18.0 Å². The minimum Gasteiger partial charge on any atom is -0.444 e. The molecule has 0 atom stereocenters. The van der Waals surface area contributed by atoms with Gasteiger partial charge in [-0.1, -0.05) is 0 Å². The maximum atomic E-state index is 8.83. The Kier molecular flexibility index (Phi) is 3.68. The van der Waals surface area contributed by atoms with Crippen LogP contribution in [-0.4, -0.2) is 4.98 Å². The van der Waals surface area contributed by atoms with E-state index in [1.165, 1.54) is 0 Å². The number of halogens is 1. The number of oxazole rings is 1. The van der Waals surface area contributed by atoms with Crippen molar-refractivity contribution in [2.45, 2.75) is 20.4 Å². The van der Waals surface area contributed by atoms with E-state index in [9.17, 15) is 0 Å². The van der Waals surface area contributed by atoms with E-state index in [0.717, 1.165) is 21.6 Å². The van der Waals surface area contributed by atoms with Crippen LogP contribution in [0.1, 0.15) is 22.9 Å². The first-order chi connectivity index (χ1) is 8.60. The molecule has 0 aliphatic rings. The second-order valence-corrected chi connectivity index (χ2v) is 4.76. The van der Waals surface area contributed by atoms with Gasteiger partial charge >= 0.3 is 0 Å². The average Bonchev–Trinajstić information content (AvgIpc) is 2.66. The summed E-state index contributed by atoms with van der Waals surface area (Å²) in [6.45, 7) is 4.33. The fourth-order valence-corrected chi connectivity index (χ4v) is 1.98. The van der Waals surface area contributed by atoms with E-state index < -0.39 is 0 Å². The molecule has 92 valence electrons. The van der Waals surface area contributed by atoms with Crippen LogP contribution < -0.4 is 5.32 Å². The van der Waals surface area contributed by atoms with Gasteiger partial charge in [0.1, 0.15) is 11.8 Å². The van der Waals surface area contributed by atoms with Crippen molar-refractivity contribution < 1.29 is 4.42 Å². The zero-order chi connectivity index (χ0) is 13.1. The number of nitriles is 1. The van der Waals surface area contributed by atoms with Gasteiger partial charge in [-0.2, -0.15) is 5.26 Å². The zero-order valence-corrected chi connectivity index (χ0v) is 11.7. The summed E-state index contributed by atoms with van der Waals surface area (Å²) in [7, 11) is 0. The van der Waals surface area contributed by atoms with Crippen LogP contribution in [0.2, 0.25) is 0 Å². The van der Waals surface area contributed by atoms with Gasteiger partial charge in [-0.05, 0) is 48.0 Å². The number of nitrogens with one attached hydrogen (secondary N) is 1. The van der Waals surface area contributed by atoms with Crippen molar-refractivity contribution in [3.05, 3.63) is 45.6 Å². The first kappa shape index (κ1) is 12.7. The monoisotopic (exact) mass is 305 g/mol. The smallest absolute Gasteiger partial charge is 0.213 e. The Morgan fingerprint density at radius 1 is 1.44 bits per heavy atom. The van der Waals surface area contributed by atoms with Crippen molar-refractivity contribution in [3.8, 4) is 6.07 Å². The zero-order valence-electron chi connectivity index (χ0n) is 10.1. The Morgan fingerprint density at radius 2 is 2.22 bits per heavy atom. The number of hydrogen-bond donors (Lipinski definition) is 1. The lowest BCUT2D eigenvalue weighted by Crippen LogP contribution is -1.99. The number of hydrogen-bond acceptors (Lipinski definition) is 4. The lowest BCUT2D eigenvalue weighted by atomic mass is 10.2. The van der Waals surface area contributed by atoms with Crippen molar-refractivity contribution in [1.82, 2.24) is 4.98 Å². The average molecular weight is 306 g/mol. The highest BCUT2D eigenvalue weighted by Crippen LogP contribution is 2.21. The summed E-state index contributed by atoms with van der Waals surface area (Å²) in [4.78, 5) is 4.29. The molecule has 1 N–H and O–H groups in total. The third-order valence-electron chi connectivity index (χ3n) is 2.61. The predicted octanol–water partition coefficient (Wildman–Crippen LogP) is 3.54. The van der Waals surface area contributed by atoms with E-state index >= 15 is 0 Å². The molecule has 0 aliphatic heterocycles. The number of aryl methyl sites for hydroxylation is 2. The molecular weight excluding hydrogens is 294 g/mol. The summed E-state index contributed by atoms with van der Waals surface area (Å²) < 4.78 is 6.25. The fraction of sp³-hybridized carbons (Fsp3) is 0.231. The van der Waals surface area contributed by atoms with Gasteiger partial charge in [-0.15, -0.1) is 0 Å². The van der Waals surface area contributed by atoms with E-state index in [2.05, 4.69) is 32.3 Å². The van der Waals surface area contributed by atoms with Gasteiger partial charge in [-0.25, -0.2) is 4.98 Å². The molecule has 0 radical (unpaired) electrons. The third kappa shape index (κ3) is 2.71. The lowest BCUT2D eigenvalue weighted by Gasteiger charge is -2.04. The summed E-state index contributed by atoms with van der Waals surface area (Å²) >= 11 is 3.35. The van der Waals surface area contributed by atoms with Crippen LogP contribution in [0.25, 0.3) is 0 Å². The maximum Gasteiger partial charge on any atom is 0.213 e. The molecule has 1 heterocycles. The highest BCUT2D eigenvalue weighted by Gasteiger charge is 2.05. The van der Waals surface area contributed by atoms with Crippen molar-refractivity contribution in [2.24, 2.45) is 0 Å². The van der Waals surface area contributed by atoms with Gasteiger partial charge in [0.05, 0.1) is 17.8 Å². The van der Waals surface area contributed by atoms with Crippen LogP contribution >= 0.6 is 15.9 Å². The molecule has 0 fully saturated rings. The first-order valence-electron chi connectivity index (χ1n) is 5.46. The van der Waals surface area contributed by atoms with Gasteiger partial charge in [0, 0.05) is 10.2 Å². The van der Waals surface area contributed by atoms with Crippen molar-refractivity contribution in [2.75, 3.05) is 5.32 Å². The highest BCUT2D eigenvalue weighted by molar-refractivity contribution is 9.10. The number of rotatable bonds is 3. The maximum absolute atomic E-state index is 8.83. The quantitative estimate of drug-likeness (QED) is 0.942. The molecule has 0 aliphatic carbocycles. The Bertz CT molecular complexity index is 594. The molecule has 2 aromatic rings. The molecule has 1 aromatic carbocycles. The largest absolute Gasteiger partial charge is 0.444 e. The van der Waals surface area contributed by atoms with Crippen LogP contribution in [0.3, 0.4) is 0 Å². The van der Waals surface area contributed by atoms with Crippen LogP contribution in [0.5, 0.6) is 0 Å². The molecule has 0 spiro atoms. The molecule has 4 nitrogen and oxygen atoms in total. The van der Waals surface area contributed by atoms with Gasteiger partial charge in [0.2, 0.25) is 5.89 Å². The van der Waals surface area contributed by atoms with Crippen molar-refractivity contribution >= 4 is 21.6 Å². The van der Waals surface area contributed by atoms with E-state index in [4.69, 9.17) is 9.68 Å². The Morgan fingerprint density at radius 3 is 2.78 bits per heavy atom. The van der Waals surface area contributed by atoms with Crippen molar-refractivity contribution in [3.63, 3.8) is 0 Å². The molecule has 0 saturated heterocycles. The van der Waals surface area contributed by atoms with E-state index in [1.807, 2.05) is 26.0 Å². The summed E-state index contributed by atoms with van der Waals surface area (Å²) in [5.41, 5.74) is 2.44. The molecular formula is C13H12BrN3O. The molecule has 1 aromatic heterocycles. The van der Waals surface area contributed by atoms with Crippen LogP contribution in [0.4, 0.5) is 5.69 Å². The number of anilines is 1. The standard InChI is InChI=1S/C13H12BrN3O/c1-8-9(2)18-13(17-8)7-16-11-4-3-10(6-15)12(14)5-11/h3-5,16H,7H2,1-2H3. The van der Waals surface area contributed by atoms with Gasteiger partial charge in [-0.3, -0.25) is 0 Å². The van der Waals surface area contributed by atoms with Gasteiger partial charge in [0.25, 0.3) is 0 Å². The Hall–Kier alpha value is -1.80. The van der Waals surface area contributed by atoms with Gasteiger partial charge < -0.3 is 9.73 Å². The number of aromatic nitrogens is 1. The summed E-state index contributed by atoms with van der Waals surface area (Å²) in [6.07, 6.45) is 0. The predicted molar refractivity (Wildman–Crippen MR) is 72.2 cm³/mol. The molecule has 18 heavy (non-hydrogen) atoms. The van der Waals surface area contributed by atoms with Crippen molar-refractivity contribution in [1.29, 1.82) is 5.26 Å². The summed E-state index contributed by atoms with van der Waals surface area (Å²) in [5.74, 6) is 1.50. The second kappa shape index (κ2) is 5.23. The van der Waals surface area contributed by atoms with Crippen LogP contribution in [-0.2, 0) is 6.54 Å². The SMILES string of the molecule is Cc1nc(CNc2ccc(C#N)c(Br)c2)oc1C. The number of nitrogens with zero attached hydrogens (tertiary/aromatic N) is 2. The van der Waals surface area contributed by atoms with E-state index in [-0.39, 0.29) is 0 Å². The highest BCUT2D eigenvalue weighted by atomic mass is 79.9. The third-order valence-corrected chi connectivity index (χ3v) is 3.26. The van der Waals surface area contributed by atoms with Crippen LogP contribution in [0.15, 0.2) is 27.1 Å². The Labute approximate surface area is 114 Å². The summed E-state index contributed by atoms with van der Waals surface area (Å²) in [6, 6.07) is 7.58. The molecule has 0 unspecified atom stereocenters. The number of benzene rings is 1. The molecule has 0 amide bonds. The van der Waals surface area contributed by atoms with Crippen LogP contribution in [0, 0.1) is 25.2 Å². The summed E-state index contributed by atoms with van der Waals surface area (Å²) in [5, 5.41) is 12.0. The topological polar surface area (TPSA) is 61.9 Å². The Balaban J connectivity index is 2.07. The van der Waals surface area contributed by atoms with E-state index in [1.54, 1.807) is 6.07 Å². The lowest BCUT2D eigenvalue weighted by molar-refractivity contribution is 0.478. The molecule has 5 heteroatoms. The first-order valence-corrected chi connectivity index (χ1v) is 6.26. The molecule has 2 rings (SSSR count). The van der Waals surface area contributed by atoms with Gasteiger partial charge in [0.15, 0.2) is 0 Å². The minimum absolute atomic E-state index is 0.521. The normalized spacial score (nSPS) is 10.1.